The largest absolute Gasteiger partial charge is 0.383 e. The molecule has 1 aromatic carbocycles. The number of ether oxygens (including phenoxy) is 1. The van der Waals surface area contributed by atoms with Gasteiger partial charge in [-0.25, -0.2) is 8.78 Å². The van der Waals surface area contributed by atoms with E-state index in [0.717, 1.165) is 31.9 Å². The van der Waals surface area contributed by atoms with E-state index in [1.54, 1.807) is 0 Å². The quantitative estimate of drug-likeness (QED) is 0.853. The standard InChI is InChI=1S/C12H15F2NO/c13-9-3-4-12(11(14)8-9)15-6-5-10-2-1-7-16-10/h3-4,8,10,15H,1-2,5-7H2. The molecule has 1 aliphatic rings. The fraction of sp³-hybridized carbons (Fsp3) is 0.500. The lowest BCUT2D eigenvalue weighted by Crippen LogP contribution is -2.13. The summed E-state index contributed by atoms with van der Waals surface area (Å²) in [6.45, 7) is 1.47. The second-order valence-electron chi connectivity index (χ2n) is 3.97. The third-order valence-corrected chi connectivity index (χ3v) is 2.74. The molecule has 2 nitrogen and oxygen atoms in total. The van der Waals surface area contributed by atoms with Gasteiger partial charge in [0.05, 0.1) is 11.8 Å². The van der Waals surface area contributed by atoms with Crippen LogP contribution in [0.15, 0.2) is 18.2 Å². The zero-order valence-corrected chi connectivity index (χ0v) is 9.01. The molecule has 1 N–H and O–H groups in total. The minimum atomic E-state index is -0.554. The molecule has 1 aliphatic heterocycles. The predicted molar refractivity (Wildman–Crippen MR) is 58.4 cm³/mol. The molecule has 0 bridgehead atoms. The predicted octanol–water partition coefficient (Wildman–Crippen LogP) is 2.95. The van der Waals surface area contributed by atoms with Gasteiger partial charge in [-0.05, 0) is 31.4 Å². The fourth-order valence-electron chi connectivity index (χ4n) is 1.87. The summed E-state index contributed by atoms with van der Waals surface area (Å²) in [4.78, 5) is 0. The summed E-state index contributed by atoms with van der Waals surface area (Å²) in [5.41, 5.74) is 0.347. The minimum Gasteiger partial charge on any atom is -0.383 e. The maximum Gasteiger partial charge on any atom is 0.149 e. The molecular formula is C12H15F2NO. The van der Waals surface area contributed by atoms with E-state index in [9.17, 15) is 8.78 Å². The van der Waals surface area contributed by atoms with Crippen molar-refractivity contribution in [3.63, 3.8) is 0 Å². The fourth-order valence-corrected chi connectivity index (χ4v) is 1.87. The molecule has 4 heteroatoms. The highest BCUT2D eigenvalue weighted by atomic mass is 19.1. The molecule has 1 fully saturated rings. The maximum atomic E-state index is 13.2. The molecule has 0 spiro atoms. The monoisotopic (exact) mass is 227 g/mol. The lowest BCUT2D eigenvalue weighted by atomic mass is 10.2. The number of benzene rings is 1. The molecule has 1 aromatic rings. The Bertz CT molecular complexity index is 351. The second-order valence-corrected chi connectivity index (χ2v) is 3.97. The molecule has 1 saturated heterocycles. The first-order valence-corrected chi connectivity index (χ1v) is 5.56. The summed E-state index contributed by atoms with van der Waals surface area (Å²) >= 11 is 0. The van der Waals surface area contributed by atoms with Crippen molar-refractivity contribution in [3.05, 3.63) is 29.8 Å². The molecule has 1 unspecified atom stereocenters. The average molecular weight is 227 g/mol. The Morgan fingerprint density at radius 3 is 2.94 bits per heavy atom. The number of rotatable bonds is 4. The van der Waals surface area contributed by atoms with E-state index in [-0.39, 0.29) is 6.10 Å². The molecular weight excluding hydrogens is 212 g/mol. The van der Waals surface area contributed by atoms with E-state index in [1.807, 2.05) is 0 Å². The molecule has 88 valence electrons. The normalized spacial score (nSPS) is 20.0. The summed E-state index contributed by atoms with van der Waals surface area (Å²) in [5.74, 6) is -1.10. The van der Waals surface area contributed by atoms with Crippen LogP contribution in [0.4, 0.5) is 14.5 Å². The van der Waals surface area contributed by atoms with Crippen molar-refractivity contribution in [3.8, 4) is 0 Å². The average Bonchev–Trinajstić information content (AvgIpc) is 2.74. The zero-order valence-electron chi connectivity index (χ0n) is 9.01. The van der Waals surface area contributed by atoms with Crippen LogP contribution < -0.4 is 5.32 Å². The molecule has 0 amide bonds. The van der Waals surface area contributed by atoms with Crippen LogP contribution in [0.25, 0.3) is 0 Å². The van der Waals surface area contributed by atoms with E-state index in [0.29, 0.717) is 12.2 Å². The van der Waals surface area contributed by atoms with Gasteiger partial charge in [0, 0.05) is 19.2 Å². The van der Waals surface area contributed by atoms with Crippen LogP contribution in [-0.4, -0.2) is 19.3 Å². The Morgan fingerprint density at radius 1 is 1.38 bits per heavy atom. The first-order valence-electron chi connectivity index (χ1n) is 5.56. The van der Waals surface area contributed by atoms with Crippen LogP contribution in [0.2, 0.25) is 0 Å². The van der Waals surface area contributed by atoms with E-state index in [2.05, 4.69) is 5.32 Å². The van der Waals surface area contributed by atoms with Gasteiger partial charge in [0.15, 0.2) is 0 Å². The van der Waals surface area contributed by atoms with E-state index >= 15 is 0 Å². The van der Waals surface area contributed by atoms with Gasteiger partial charge in [-0.1, -0.05) is 0 Å². The molecule has 2 rings (SSSR count). The lowest BCUT2D eigenvalue weighted by Gasteiger charge is -2.11. The van der Waals surface area contributed by atoms with E-state index < -0.39 is 11.6 Å². The molecule has 0 radical (unpaired) electrons. The molecule has 0 aromatic heterocycles. The van der Waals surface area contributed by atoms with Crippen LogP contribution in [0.1, 0.15) is 19.3 Å². The summed E-state index contributed by atoms with van der Waals surface area (Å²) in [5, 5.41) is 2.95. The van der Waals surface area contributed by atoms with Crippen LogP contribution in [0.3, 0.4) is 0 Å². The van der Waals surface area contributed by atoms with E-state index in [4.69, 9.17) is 4.74 Å². The maximum absolute atomic E-state index is 13.2. The van der Waals surface area contributed by atoms with Crippen molar-refractivity contribution in [1.29, 1.82) is 0 Å². The molecule has 0 saturated carbocycles. The SMILES string of the molecule is Fc1ccc(NCCC2CCCO2)c(F)c1. The van der Waals surface area contributed by atoms with Crippen molar-refractivity contribution in [2.24, 2.45) is 0 Å². The Labute approximate surface area is 93.6 Å². The smallest absolute Gasteiger partial charge is 0.149 e. The molecule has 0 aliphatic carbocycles. The summed E-state index contributed by atoms with van der Waals surface area (Å²) in [6, 6.07) is 3.55. The molecule has 1 atom stereocenters. The van der Waals surface area contributed by atoms with E-state index in [1.165, 1.54) is 12.1 Å². The third kappa shape index (κ3) is 2.92. The van der Waals surface area contributed by atoms with Gasteiger partial charge in [0.2, 0.25) is 0 Å². The first-order chi connectivity index (χ1) is 7.75. The van der Waals surface area contributed by atoms with Gasteiger partial charge >= 0.3 is 0 Å². The van der Waals surface area contributed by atoms with Crippen molar-refractivity contribution < 1.29 is 13.5 Å². The van der Waals surface area contributed by atoms with Crippen LogP contribution >= 0.6 is 0 Å². The third-order valence-electron chi connectivity index (χ3n) is 2.74. The van der Waals surface area contributed by atoms with Gasteiger partial charge in [0.1, 0.15) is 11.6 Å². The van der Waals surface area contributed by atoms with Gasteiger partial charge in [0.25, 0.3) is 0 Å². The Balaban J connectivity index is 1.80. The second kappa shape index (κ2) is 5.25. The summed E-state index contributed by atoms with van der Waals surface area (Å²) in [6.07, 6.45) is 3.33. The van der Waals surface area contributed by atoms with Crippen molar-refractivity contribution in [2.45, 2.75) is 25.4 Å². The van der Waals surface area contributed by atoms with Crippen LogP contribution in [0, 0.1) is 11.6 Å². The van der Waals surface area contributed by atoms with Gasteiger partial charge < -0.3 is 10.1 Å². The molecule has 16 heavy (non-hydrogen) atoms. The highest BCUT2D eigenvalue weighted by Crippen LogP contribution is 2.17. The highest BCUT2D eigenvalue weighted by molar-refractivity contribution is 5.44. The number of halogens is 2. The van der Waals surface area contributed by atoms with Gasteiger partial charge in [-0.2, -0.15) is 0 Å². The minimum absolute atomic E-state index is 0.288. The number of hydrogen-bond donors (Lipinski definition) is 1. The summed E-state index contributed by atoms with van der Waals surface area (Å²) < 4.78 is 31.3. The Kier molecular flexibility index (Phi) is 3.72. The number of anilines is 1. The lowest BCUT2D eigenvalue weighted by molar-refractivity contribution is 0.107. The van der Waals surface area contributed by atoms with Gasteiger partial charge in [-0.15, -0.1) is 0 Å². The van der Waals surface area contributed by atoms with Crippen molar-refractivity contribution in [2.75, 3.05) is 18.5 Å². The first kappa shape index (κ1) is 11.3. The zero-order chi connectivity index (χ0) is 11.4. The van der Waals surface area contributed by atoms with Crippen molar-refractivity contribution in [1.82, 2.24) is 0 Å². The number of hydrogen-bond acceptors (Lipinski definition) is 2. The van der Waals surface area contributed by atoms with Gasteiger partial charge in [-0.3, -0.25) is 0 Å². The van der Waals surface area contributed by atoms with Crippen LogP contribution in [-0.2, 0) is 4.74 Å². The Morgan fingerprint density at radius 2 is 2.25 bits per heavy atom. The van der Waals surface area contributed by atoms with Crippen molar-refractivity contribution >= 4 is 5.69 Å². The molecule has 1 heterocycles. The number of nitrogens with one attached hydrogen (secondary N) is 1. The van der Waals surface area contributed by atoms with Crippen LogP contribution in [0.5, 0.6) is 0 Å². The topological polar surface area (TPSA) is 21.3 Å². The summed E-state index contributed by atoms with van der Waals surface area (Å²) in [7, 11) is 0. The Hall–Kier alpha value is -1.16. The highest BCUT2D eigenvalue weighted by Gasteiger charge is 2.14.